The third-order valence-corrected chi connectivity index (χ3v) is 3.15. The van der Waals surface area contributed by atoms with Gasteiger partial charge in [0.2, 0.25) is 0 Å². The number of aryl methyl sites for hydroxylation is 1. The molecule has 16 heavy (non-hydrogen) atoms. The standard InChI is InChI=1S/C11H18BrN3S/c1-3-5-10-14-9(12)8-11(15-10)13-6-4-7-16-2/h8H,3-7H2,1-2H3,(H,13,14,15). The average molecular weight is 304 g/mol. The zero-order valence-electron chi connectivity index (χ0n) is 9.79. The summed E-state index contributed by atoms with van der Waals surface area (Å²) in [6, 6.07) is 1.93. The molecule has 0 spiro atoms. The maximum Gasteiger partial charge on any atom is 0.132 e. The molecule has 1 aromatic heterocycles. The lowest BCUT2D eigenvalue weighted by Crippen LogP contribution is -2.06. The number of halogens is 1. The Labute approximate surface area is 110 Å². The molecule has 0 bridgehead atoms. The highest BCUT2D eigenvalue weighted by Gasteiger charge is 2.01. The molecule has 1 aromatic rings. The Morgan fingerprint density at radius 3 is 2.94 bits per heavy atom. The van der Waals surface area contributed by atoms with Crippen molar-refractivity contribution in [2.24, 2.45) is 0 Å². The first-order valence-electron chi connectivity index (χ1n) is 5.52. The highest BCUT2D eigenvalue weighted by Crippen LogP contribution is 2.13. The van der Waals surface area contributed by atoms with Gasteiger partial charge < -0.3 is 5.32 Å². The minimum atomic E-state index is 0.860. The summed E-state index contributed by atoms with van der Waals surface area (Å²) in [6.07, 6.45) is 5.29. The van der Waals surface area contributed by atoms with Crippen LogP contribution < -0.4 is 5.32 Å². The number of nitrogens with one attached hydrogen (secondary N) is 1. The summed E-state index contributed by atoms with van der Waals surface area (Å²) in [7, 11) is 0. The van der Waals surface area contributed by atoms with Crippen LogP contribution in [0.4, 0.5) is 5.82 Å². The zero-order valence-corrected chi connectivity index (χ0v) is 12.2. The number of hydrogen-bond acceptors (Lipinski definition) is 4. The van der Waals surface area contributed by atoms with Crippen molar-refractivity contribution >= 4 is 33.5 Å². The van der Waals surface area contributed by atoms with Crippen LogP contribution in [0.2, 0.25) is 0 Å². The first-order chi connectivity index (χ1) is 7.76. The maximum atomic E-state index is 4.46. The summed E-state index contributed by atoms with van der Waals surface area (Å²) < 4.78 is 0.860. The maximum absolute atomic E-state index is 4.46. The third kappa shape index (κ3) is 5.16. The SMILES string of the molecule is CCCc1nc(Br)cc(NCCCSC)n1. The van der Waals surface area contributed by atoms with Crippen molar-refractivity contribution in [1.82, 2.24) is 9.97 Å². The minimum Gasteiger partial charge on any atom is -0.370 e. The summed E-state index contributed by atoms with van der Waals surface area (Å²) in [5.74, 6) is 3.01. The Kier molecular flexibility index (Phi) is 6.80. The molecule has 0 aromatic carbocycles. The molecule has 0 aliphatic rings. The fourth-order valence-electron chi connectivity index (χ4n) is 1.32. The molecule has 5 heteroatoms. The van der Waals surface area contributed by atoms with Gasteiger partial charge in [0.1, 0.15) is 16.2 Å². The highest BCUT2D eigenvalue weighted by molar-refractivity contribution is 9.10. The van der Waals surface area contributed by atoms with Gasteiger partial charge in [0, 0.05) is 19.0 Å². The second kappa shape index (κ2) is 7.90. The molecule has 1 heterocycles. The molecule has 0 atom stereocenters. The molecule has 1 N–H and O–H groups in total. The van der Waals surface area contributed by atoms with Crippen molar-refractivity contribution in [3.8, 4) is 0 Å². The van der Waals surface area contributed by atoms with Crippen LogP contribution in [0, 0.1) is 0 Å². The average Bonchev–Trinajstić information content (AvgIpc) is 2.24. The molecule has 0 aliphatic heterocycles. The van der Waals surface area contributed by atoms with Crippen molar-refractivity contribution < 1.29 is 0 Å². The van der Waals surface area contributed by atoms with Crippen LogP contribution >= 0.6 is 27.7 Å². The van der Waals surface area contributed by atoms with Gasteiger partial charge in [-0.15, -0.1) is 0 Å². The normalized spacial score (nSPS) is 10.4. The van der Waals surface area contributed by atoms with E-state index in [0.29, 0.717) is 0 Å². The summed E-state index contributed by atoms with van der Waals surface area (Å²) in [4.78, 5) is 8.79. The fourth-order valence-corrected chi connectivity index (χ4v) is 2.18. The Bertz CT molecular complexity index is 320. The second-order valence-corrected chi connectivity index (χ2v) is 5.31. The van der Waals surface area contributed by atoms with Gasteiger partial charge in [0.25, 0.3) is 0 Å². The number of thioether (sulfide) groups is 1. The van der Waals surface area contributed by atoms with Crippen molar-refractivity contribution in [2.75, 3.05) is 23.9 Å². The van der Waals surface area contributed by atoms with Gasteiger partial charge >= 0.3 is 0 Å². The summed E-state index contributed by atoms with van der Waals surface area (Å²) in [5.41, 5.74) is 0. The zero-order chi connectivity index (χ0) is 11.8. The quantitative estimate of drug-likeness (QED) is 0.619. The molecule has 0 amide bonds. The van der Waals surface area contributed by atoms with Crippen LogP contribution in [0.15, 0.2) is 10.7 Å². The smallest absolute Gasteiger partial charge is 0.132 e. The highest BCUT2D eigenvalue weighted by atomic mass is 79.9. The monoisotopic (exact) mass is 303 g/mol. The van der Waals surface area contributed by atoms with Gasteiger partial charge in [-0.25, -0.2) is 9.97 Å². The van der Waals surface area contributed by atoms with Crippen LogP contribution in [0.3, 0.4) is 0 Å². The van der Waals surface area contributed by atoms with E-state index in [1.54, 1.807) is 0 Å². The summed E-state index contributed by atoms with van der Waals surface area (Å²) >= 11 is 5.28. The molecular formula is C11H18BrN3S. The molecule has 0 aliphatic carbocycles. The van der Waals surface area contributed by atoms with Crippen LogP contribution in [-0.4, -0.2) is 28.5 Å². The van der Waals surface area contributed by atoms with Gasteiger partial charge in [-0.1, -0.05) is 6.92 Å². The molecule has 0 fully saturated rings. The molecule has 0 saturated heterocycles. The van der Waals surface area contributed by atoms with E-state index in [1.807, 2.05) is 17.8 Å². The minimum absolute atomic E-state index is 0.860. The molecule has 0 unspecified atom stereocenters. The van der Waals surface area contributed by atoms with E-state index < -0.39 is 0 Å². The number of nitrogens with zero attached hydrogens (tertiary/aromatic N) is 2. The summed E-state index contributed by atoms with van der Waals surface area (Å²) in [5, 5.41) is 3.32. The van der Waals surface area contributed by atoms with Crippen LogP contribution in [-0.2, 0) is 6.42 Å². The van der Waals surface area contributed by atoms with Gasteiger partial charge in [-0.2, -0.15) is 11.8 Å². The number of rotatable bonds is 7. The van der Waals surface area contributed by atoms with E-state index in [-0.39, 0.29) is 0 Å². The van der Waals surface area contributed by atoms with Crippen molar-refractivity contribution in [1.29, 1.82) is 0 Å². The van der Waals surface area contributed by atoms with Crippen molar-refractivity contribution in [3.05, 3.63) is 16.5 Å². The van der Waals surface area contributed by atoms with E-state index in [4.69, 9.17) is 0 Å². The first kappa shape index (κ1) is 13.8. The Morgan fingerprint density at radius 1 is 1.44 bits per heavy atom. The van der Waals surface area contributed by atoms with Gasteiger partial charge in [0.15, 0.2) is 0 Å². The second-order valence-electron chi connectivity index (χ2n) is 3.52. The van der Waals surface area contributed by atoms with Crippen LogP contribution in [0.25, 0.3) is 0 Å². The van der Waals surface area contributed by atoms with E-state index >= 15 is 0 Å². The Morgan fingerprint density at radius 2 is 2.25 bits per heavy atom. The molecule has 0 saturated carbocycles. The Balaban J connectivity index is 2.51. The van der Waals surface area contributed by atoms with Crippen molar-refractivity contribution in [3.63, 3.8) is 0 Å². The van der Waals surface area contributed by atoms with E-state index in [0.717, 1.165) is 42.1 Å². The molecule has 90 valence electrons. The van der Waals surface area contributed by atoms with Gasteiger partial charge in [0.05, 0.1) is 0 Å². The van der Waals surface area contributed by atoms with Gasteiger partial charge in [-0.3, -0.25) is 0 Å². The lowest BCUT2D eigenvalue weighted by molar-refractivity contribution is 0.827. The Hall–Kier alpha value is -0.290. The predicted molar refractivity (Wildman–Crippen MR) is 75.2 cm³/mol. The van der Waals surface area contributed by atoms with Crippen LogP contribution in [0.1, 0.15) is 25.6 Å². The van der Waals surface area contributed by atoms with E-state index in [2.05, 4.69) is 44.4 Å². The summed E-state index contributed by atoms with van der Waals surface area (Å²) in [6.45, 7) is 3.10. The molecular weight excluding hydrogens is 286 g/mol. The van der Waals surface area contributed by atoms with Crippen molar-refractivity contribution in [2.45, 2.75) is 26.2 Å². The van der Waals surface area contributed by atoms with Crippen LogP contribution in [0.5, 0.6) is 0 Å². The lowest BCUT2D eigenvalue weighted by Gasteiger charge is -2.07. The largest absolute Gasteiger partial charge is 0.370 e. The number of aromatic nitrogens is 2. The fraction of sp³-hybridized carbons (Fsp3) is 0.636. The number of anilines is 1. The van der Waals surface area contributed by atoms with E-state index in [9.17, 15) is 0 Å². The molecule has 1 rings (SSSR count). The molecule has 3 nitrogen and oxygen atoms in total. The third-order valence-electron chi connectivity index (χ3n) is 2.05. The van der Waals surface area contributed by atoms with Gasteiger partial charge in [-0.05, 0) is 40.8 Å². The lowest BCUT2D eigenvalue weighted by atomic mass is 10.3. The predicted octanol–water partition coefficient (Wildman–Crippen LogP) is 3.36. The topological polar surface area (TPSA) is 37.8 Å². The molecule has 0 radical (unpaired) electrons. The number of hydrogen-bond donors (Lipinski definition) is 1. The van der Waals surface area contributed by atoms with E-state index in [1.165, 1.54) is 5.75 Å². The first-order valence-corrected chi connectivity index (χ1v) is 7.71.